The molecule has 218 valence electrons. The summed E-state index contributed by atoms with van der Waals surface area (Å²) in [7, 11) is 0. The number of nitrogens with one attached hydrogen (secondary N) is 3. The zero-order valence-corrected chi connectivity index (χ0v) is 23.5. The SMILES string of the molecule is CC(C)(C)c1cccc(C2(NCC(O)C(Cc3cc(F)cc(F)c3)C(=O)Nc3ccccc3)CN=C(NO)[NH2+]C2)c1. The summed E-state index contributed by atoms with van der Waals surface area (Å²) in [5.41, 5.74) is 4.14. The maximum absolute atomic E-state index is 14.0. The summed E-state index contributed by atoms with van der Waals surface area (Å²) in [4.78, 5) is 17.9. The molecule has 3 unspecified atom stereocenters. The summed E-state index contributed by atoms with van der Waals surface area (Å²) in [5, 5.41) is 28.8. The van der Waals surface area contributed by atoms with Crippen molar-refractivity contribution in [2.24, 2.45) is 10.9 Å². The number of amides is 1. The van der Waals surface area contributed by atoms with Crippen molar-refractivity contribution in [2.45, 2.75) is 44.2 Å². The van der Waals surface area contributed by atoms with E-state index in [4.69, 9.17) is 0 Å². The first-order valence-corrected chi connectivity index (χ1v) is 13.6. The van der Waals surface area contributed by atoms with Crippen LogP contribution in [0.25, 0.3) is 0 Å². The number of hydrogen-bond donors (Lipinski definition) is 6. The molecule has 7 N–H and O–H groups in total. The average molecular weight is 567 g/mol. The molecule has 0 fully saturated rings. The minimum absolute atomic E-state index is 0.00430. The zero-order chi connectivity index (χ0) is 29.6. The summed E-state index contributed by atoms with van der Waals surface area (Å²) in [5.74, 6) is -2.65. The highest BCUT2D eigenvalue weighted by atomic mass is 19.1. The van der Waals surface area contributed by atoms with E-state index in [2.05, 4.69) is 54.0 Å². The van der Waals surface area contributed by atoms with E-state index >= 15 is 0 Å². The third-order valence-electron chi connectivity index (χ3n) is 7.43. The van der Waals surface area contributed by atoms with Gasteiger partial charge in [-0.2, -0.15) is 0 Å². The monoisotopic (exact) mass is 566 g/mol. The number of aliphatic imine (C=N–C) groups is 1. The molecule has 1 aliphatic heterocycles. The number of halogens is 2. The van der Waals surface area contributed by atoms with Crippen molar-refractivity contribution in [1.29, 1.82) is 0 Å². The molecule has 8 nitrogen and oxygen atoms in total. The maximum atomic E-state index is 14.0. The molecule has 0 aliphatic carbocycles. The average Bonchev–Trinajstić information content (AvgIpc) is 2.94. The van der Waals surface area contributed by atoms with Gasteiger partial charge in [-0.3, -0.25) is 20.6 Å². The molecule has 0 saturated heterocycles. The minimum Gasteiger partial charge on any atom is -0.391 e. The molecule has 0 aromatic heterocycles. The molecule has 3 aromatic carbocycles. The molecule has 1 heterocycles. The van der Waals surface area contributed by atoms with Crippen LogP contribution >= 0.6 is 0 Å². The minimum atomic E-state index is -1.21. The number of carbonyl (C=O) groups is 1. The number of aliphatic hydroxyl groups excluding tert-OH is 1. The molecule has 3 aromatic rings. The van der Waals surface area contributed by atoms with Gasteiger partial charge in [0.05, 0.1) is 18.6 Å². The van der Waals surface area contributed by atoms with Crippen molar-refractivity contribution >= 4 is 17.6 Å². The van der Waals surface area contributed by atoms with Crippen molar-refractivity contribution in [2.75, 3.05) is 25.0 Å². The lowest BCUT2D eigenvalue weighted by atomic mass is 9.81. The Labute approximate surface area is 238 Å². The summed E-state index contributed by atoms with van der Waals surface area (Å²) >= 11 is 0. The first-order chi connectivity index (χ1) is 19.5. The van der Waals surface area contributed by atoms with Crippen molar-refractivity contribution in [3.05, 3.63) is 101 Å². The lowest BCUT2D eigenvalue weighted by Crippen LogP contribution is -2.96. The van der Waals surface area contributed by atoms with E-state index < -0.39 is 35.1 Å². The van der Waals surface area contributed by atoms with Crippen LogP contribution in [0.15, 0.2) is 77.8 Å². The summed E-state index contributed by atoms with van der Waals surface area (Å²) in [6.45, 7) is 7.09. The Bertz CT molecular complexity index is 1360. The molecule has 10 heteroatoms. The molecule has 0 spiro atoms. The number of carbonyl (C=O) groups excluding carboxylic acids is 1. The van der Waals surface area contributed by atoms with Crippen LogP contribution in [-0.2, 0) is 22.2 Å². The van der Waals surface area contributed by atoms with Crippen molar-refractivity contribution < 1.29 is 29.2 Å². The van der Waals surface area contributed by atoms with E-state index in [1.807, 2.05) is 18.2 Å². The van der Waals surface area contributed by atoms with Crippen LogP contribution in [0, 0.1) is 17.6 Å². The third-order valence-corrected chi connectivity index (χ3v) is 7.43. The van der Waals surface area contributed by atoms with Crippen LogP contribution in [0.5, 0.6) is 0 Å². The van der Waals surface area contributed by atoms with Crippen LogP contribution < -0.4 is 21.4 Å². The Morgan fingerprint density at radius 2 is 1.76 bits per heavy atom. The zero-order valence-electron chi connectivity index (χ0n) is 23.5. The Hall–Kier alpha value is -3.70. The smallest absolute Gasteiger partial charge is 0.318 e. The molecular formula is C31H38F2N5O3+. The highest BCUT2D eigenvalue weighted by Gasteiger charge is 2.40. The van der Waals surface area contributed by atoms with E-state index in [1.165, 1.54) is 12.1 Å². The Kier molecular flexibility index (Phi) is 9.49. The number of guanidine groups is 1. The number of hydrogen-bond acceptors (Lipinski definition) is 6. The fourth-order valence-electron chi connectivity index (χ4n) is 5.01. The predicted molar refractivity (Wildman–Crippen MR) is 153 cm³/mol. The summed E-state index contributed by atoms with van der Waals surface area (Å²) < 4.78 is 28.0. The van der Waals surface area contributed by atoms with Crippen LogP contribution in [0.4, 0.5) is 14.5 Å². The third kappa shape index (κ3) is 7.74. The number of rotatable bonds is 9. The van der Waals surface area contributed by atoms with E-state index in [9.17, 15) is 23.9 Å². The Morgan fingerprint density at radius 3 is 2.37 bits per heavy atom. The second-order valence-electron chi connectivity index (χ2n) is 11.5. The van der Waals surface area contributed by atoms with Crippen molar-refractivity contribution in [3.8, 4) is 0 Å². The highest BCUT2D eigenvalue weighted by molar-refractivity contribution is 5.93. The molecule has 1 amide bonds. The molecule has 0 saturated carbocycles. The summed E-state index contributed by atoms with van der Waals surface area (Å²) in [6, 6.07) is 20.0. The van der Waals surface area contributed by atoms with Gasteiger partial charge in [-0.1, -0.05) is 63.2 Å². The molecule has 1 aliphatic rings. The number of aliphatic hydroxyl groups is 1. The molecule has 4 rings (SSSR count). The van der Waals surface area contributed by atoms with Gasteiger partial charge in [0, 0.05) is 18.3 Å². The lowest BCUT2D eigenvalue weighted by molar-refractivity contribution is -0.562. The van der Waals surface area contributed by atoms with E-state index in [-0.39, 0.29) is 30.5 Å². The van der Waals surface area contributed by atoms with Crippen LogP contribution in [0.1, 0.15) is 37.5 Å². The number of anilines is 1. The van der Waals surface area contributed by atoms with Gasteiger partial charge in [-0.25, -0.2) is 19.3 Å². The number of quaternary nitrogens is 1. The number of nitrogens with zero attached hydrogens (tertiary/aromatic N) is 1. The van der Waals surface area contributed by atoms with E-state index in [1.54, 1.807) is 29.6 Å². The highest BCUT2D eigenvalue weighted by Crippen LogP contribution is 2.29. The van der Waals surface area contributed by atoms with Crippen LogP contribution in [-0.4, -0.2) is 47.9 Å². The Balaban J connectivity index is 1.61. The van der Waals surface area contributed by atoms with Gasteiger partial charge in [-0.15, -0.1) is 0 Å². The normalized spacial score (nSPS) is 18.8. The van der Waals surface area contributed by atoms with Crippen molar-refractivity contribution in [1.82, 2.24) is 10.8 Å². The van der Waals surface area contributed by atoms with Gasteiger partial charge < -0.3 is 10.4 Å². The first kappa shape index (κ1) is 30.3. The van der Waals surface area contributed by atoms with Gasteiger partial charge in [0.25, 0.3) is 0 Å². The van der Waals surface area contributed by atoms with E-state index in [0.29, 0.717) is 18.2 Å². The second-order valence-corrected chi connectivity index (χ2v) is 11.5. The molecule has 3 atom stereocenters. The maximum Gasteiger partial charge on any atom is 0.318 e. The number of benzene rings is 3. The molecule has 0 radical (unpaired) electrons. The largest absolute Gasteiger partial charge is 0.391 e. The summed E-state index contributed by atoms with van der Waals surface area (Å²) in [6.07, 6.45) is -1.29. The number of para-hydroxylation sites is 1. The van der Waals surface area contributed by atoms with Gasteiger partial charge in [0.15, 0.2) is 0 Å². The number of nitrogens with two attached hydrogens (primary N) is 1. The number of hydroxylamine groups is 1. The van der Waals surface area contributed by atoms with Gasteiger partial charge in [0.2, 0.25) is 5.91 Å². The quantitative estimate of drug-likeness (QED) is 0.223. The topological polar surface area (TPSA) is 123 Å². The van der Waals surface area contributed by atoms with Crippen molar-refractivity contribution in [3.63, 3.8) is 0 Å². The van der Waals surface area contributed by atoms with Gasteiger partial charge in [-0.05, 0) is 52.8 Å². The Morgan fingerprint density at radius 1 is 1.05 bits per heavy atom. The van der Waals surface area contributed by atoms with Crippen LogP contribution in [0.3, 0.4) is 0 Å². The van der Waals surface area contributed by atoms with Gasteiger partial charge >= 0.3 is 5.96 Å². The lowest BCUT2D eigenvalue weighted by Gasteiger charge is -2.37. The molecular weight excluding hydrogens is 528 g/mol. The van der Waals surface area contributed by atoms with E-state index in [0.717, 1.165) is 17.2 Å². The standard InChI is InChI=1S/C31H37F2N5O3/c1-30(2,3)21-8-7-9-22(15-21)31(18-34-29(38-41)35-19-31)36-17-27(39)26(14-20-12-23(32)16-24(33)13-20)28(40)37-25-10-5-4-6-11-25/h4-13,15-16,26-27,36,39,41H,14,17-19H2,1-3H3,(H,37,40)(H2,34,35,38)/p+1. The van der Waals surface area contributed by atoms with Crippen LogP contribution in [0.2, 0.25) is 0 Å². The first-order valence-electron chi connectivity index (χ1n) is 13.6. The van der Waals surface area contributed by atoms with Gasteiger partial charge in [0.1, 0.15) is 23.7 Å². The predicted octanol–water partition coefficient (Wildman–Crippen LogP) is 2.82. The fraction of sp³-hybridized carbons (Fsp3) is 0.355. The second kappa shape index (κ2) is 12.9. The molecule has 0 bridgehead atoms. The fourth-order valence-corrected chi connectivity index (χ4v) is 5.01. The molecule has 41 heavy (non-hydrogen) atoms.